The highest BCUT2D eigenvalue weighted by molar-refractivity contribution is 5.97. The van der Waals surface area contributed by atoms with E-state index in [0.29, 0.717) is 23.6 Å². The van der Waals surface area contributed by atoms with E-state index in [-0.39, 0.29) is 0 Å². The quantitative estimate of drug-likeness (QED) is 0.859. The van der Waals surface area contributed by atoms with Gasteiger partial charge in [-0.1, -0.05) is 30.3 Å². The molecule has 2 rings (SSSR count). The van der Waals surface area contributed by atoms with Gasteiger partial charge in [-0.3, -0.25) is 4.79 Å². The Hall–Kier alpha value is -2.63. The van der Waals surface area contributed by atoms with E-state index < -0.39 is 18.0 Å². The summed E-state index contributed by atoms with van der Waals surface area (Å²) in [6, 6.07) is 8.67. The van der Waals surface area contributed by atoms with Gasteiger partial charge in [0.2, 0.25) is 0 Å². The van der Waals surface area contributed by atoms with Crippen LogP contribution < -0.4 is 5.32 Å². The van der Waals surface area contributed by atoms with Gasteiger partial charge >= 0.3 is 5.97 Å². The molecule has 0 fully saturated rings. The minimum absolute atomic E-state index is 0.299. The summed E-state index contributed by atoms with van der Waals surface area (Å²) in [7, 11) is 0. The van der Waals surface area contributed by atoms with Crippen molar-refractivity contribution in [2.24, 2.45) is 0 Å². The highest BCUT2D eigenvalue weighted by atomic mass is 16.5. The maximum atomic E-state index is 12.2. The lowest BCUT2D eigenvalue weighted by Crippen LogP contribution is -2.32. The van der Waals surface area contributed by atoms with Gasteiger partial charge in [0.1, 0.15) is 5.76 Å². The zero-order valence-electron chi connectivity index (χ0n) is 12.8. The second-order valence-corrected chi connectivity index (χ2v) is 4.93. The molecule has 6 nitrogen and oxygen atoms in total. The number of carbonyl (C=O) groups is 2. The molecule has 1 aromatic carbocycles. The molecule has 0 radical (unpaired) electrons. The molecule has 0 bridgehead atoms. The van der Waals surface area contributed by atoms with Gasteiger partial charge in [0.05, 0.1) is 5.56 Å². The summed E-state index contributed by atoms with van der Waals surface area (Å²) in [4.78, 5) is 24.3. The third-order valence-electron chi connectivity index (χ3n) is 3.16. The Morgan fingerprint density at radius 1 is 1.32 bits per heavy atom. The standard InChI is InChI=1S/C16H18N2O4/c1-4-13(15(19)17-14-9-11(3)22-18-14)21-16(20)12-8-6-5-7-10(12)2/h5-9,13H,4H2,1-3H3,(H,17,18,19)/t13-/m1/s1. The van der Waals surface area contributed by atoms with E-state index >= 15 is 0 Å². The highest BCUT2D eigenvalue weighted by Gasteiger charge is 2.23. The summed E-state index contributed by atoms with van der Waals surface area (Å²) in [5.74, 6) is -0.0673. The second-order valence-electron chi connectivity index (χ2n) is 4.93. The monoisotopic (exact) mass is 302 g/mol. The van der Waals surface area contributed by atoms with Crippen LogP contribution in [0.1, 0.15) is 35.0 Å². The zero-order chi connectivity index (χ0) is 16.1. The molecule has 0 aliphatic heterocycles. The summed E-state index contributed by atoms with van der Waals surface area (Å²) in [5, 5.41) is 6.24. The van der Waals surface area contributed by atoms with Crippen LogP contribution in [-0.4, -0.2) is 23.1 Å². The number of anilines is 1. The van der Waals surface area contributed by atoms with Crippen LogP contribution in [-0.2, 0) is 9.53 Å². The van der Waals surface area contributed by atoms with Crippen LogP contribution in [0, 0.1) is 13.8 Å². The van der Waals surface area contributed by atoms with Gasteiger partial charge < -0.3 is 14.6 Å². The van der Waals surface area contributed by atoms with Gasteiger partial charge in [-0.15, -0.1) is 0 Å². The molecule has 1 aromatic heterocycles. The third-order valence-corrected chi connectivity index (χ3v) is 3.16. The topological polar surface area (TPSA) is 81.4 Å². The molecule has 0 aliphatic rings. The Morgan fingerprint density at radius 2 is 2.05 bits per heavy atom. The van der Waals surface area contributed by atoms with Crippen LogP contribution in [0.4, 0.5) is 5.82 Å². The molecule has 1 amide bonds. The molecule has 6 heteroatoms. The van der Waals surface area contributed by atoms with E-state index in [2.05, 4.69) is 10.5 Å². The van der Waals surface area contributed by atoms with Crippen molar-refractivity contribution in [3.05, 3.63) is 47.2 Å². The number of rotatable bonds is 5. The Balaban J connectivity index is 2.04. The van der Waals surface area contributed by atoms with Crippen LogP contribution in [0.15, 0.2) is 34.9 Å². The first kappa shape index (κ1) is 15.8. The smallest absolute Gasteiger partial charge is 0.339 e. The first-order valence-corrected chi connectivity index (χ1v) is 7.02. The molecule has 0 saturated carbocycles. The van der Waals surface area contributed by atoms with E-state index in [0.717, 1.165) is 5.56 Å². The number of carbonyl (C=O) groups excluding carboxylic acids is 2. The molecule has 116 valence electrons. The van der Waals surface area contributed by atoms with Crippen LogP contribution in [0.5, 0.6) is 0 Å². The van der Waals surface area contributed by atoms with Crippen LogP contribution in [0.3, 0.4) is 0 Å². The Labute approximate surface area is 128 Å². The number of nitrogens with zero attached hydrogens (tertiary/aromatic N) is 1. The number of amides is 1. The first-order valence-electron chi connectivity index (χ1n) is 7.02. The fourth-order valence-corrected chi connectivity index (χ4v) is 1.95. The Bertz CT molecular complexity index is 678. The molecule has 0 saturated heterocycles. The fraction of sp³-hybridized carbons (Fsp3) is 0.312. The number of nitrogens with one attached hydrogen (secondary N) is 1. The largest absolute Gasteiger partial charge is 0.449 e. The normalized spacial score (nSPS) is 11.8. The van der Waals surface area contributed by atoms with E-state index in [4.69, 9.17) is 9.26 Å². The van der Waals surface area contributed by atoms with Crippen LogP contribution in [0.25, 0.3) is 0 Å². The summed E-state index contributed by atoms with van der Waals surface area (Å²) >= 11 is 0. The predicted octanol–water partition coefficient (Wildman–Crippen LogP) is 2.87. The van der Waals surface area contributed by atoms with Crippen molar-refractivity contribution in [1.29, 1.82) is 0 Å². The van der Waals surface area contributed by atoms with Crippen molar-refractivity contribution in [2.45, 2.75) is 33.3 Å². The fourth-order valence-electron chi connectivity index (χ4n) is 1.95. The Morgan fingerprint density at radius 3 is 2.64 bits per heavy atom. The maximum Gasteiger partial charge on any atom is 0.339 e. The van der Waals surface area contributed by atoms with Gasteiger partial charge in [-0.05, 0) is 31.9 Å². The molecule has 1 N–H and O–H groups in total. The molecular formula is C16H18N2O4. The average Bonchev–Trinajstić information content (AvgIpc) is 2.90. The van der Waals surface area contributed by atoms with E-state index in [1.807, 2.05) is 19.1 Å². The SMILES string of the molecule is CC[C@@H](OC(=O)c1ccccc1C)C(=O)Nc1cc(C)on1. The van der Waals surface area contributed by atoms with E-state index in [9.17, 15) is 9.59 Å². The molecule has 0 spiro atoms. The minimum atomic E-state index is -0.885. The van der Waals surface area contributed by atoms with Gasteiger partial charge in [0, 0.05) is 6.07 Å². The van der Waals surface area contributed by atoms with Gasteiger partial charge in [-0.2, -0.15) is 0 Å². The lowest BCUT2D eigenvalue weighted by Gasteiger charge is -2.15. The number of ether oxygens (including phenoxy) is 1. The lowest BCUT2D eigenvalue weighted by molar-refractivity contribution is -0.124. The second kappa shape index (κ2) is 6.89. The number of hydrogen-bond donors (Lipinski definition) is 1. The summed E-state index contributed by atoms with van der Waals surface area (Å²) in [5.41, 5.74) is 1.25. The Kier molecular flexibility index (Phi) is 4.93. The van der Waals surface area contributed by atoms with Crippen molar-refractivity contribution >= 4 is 17.7 Å². The lowest BCUT2D eigenvalue weighted by atomic mass is 10.1. The predicted molar refractivity (Wildman–Crippen MR) is 80.5 cm³/mol. The van der Waals surface area contributed by atoms with Crippen molar-refractivity contribution in [2.75, 3.05) is 5.32 Å². The highest BCUT2D eigenvalue weighted by Crippen LogP contribution is 2.13. The van der Waals surface area contributed by atoms with Crippen LogP contribution in [0.2, 0.25) is 0 Å². The van der Waals surface area contributed by atoms with Crippen LogP contribution >= 0.6 is 0 Å². The maximum absolute atomic E-state index is 12.2. The van der Waals surface area contributed by atoms with Crippen molar-refractivity contribution in [3.8, 4) is 0 Å². The van der Waals surface area contributed by atoms with E-state index in [1.165, 1.54) is 0 Å². The molecule has 0 aliphatic carbocycles. The van der Waals surface area contributed by atoms with Crippen molar-refractivity contribution < 1.29 is 18.8 Å². The zero-order valence-corrected chi connectivity index (χ0v) is 12.8. The minimum Gasteiger partial charge on any atom is -0.449 e. The molecule has 22 heavy (non-hydrogen) atoms. The number of esters is 1. The van der Waals surface area contributed by atoms with Gasteiger partial charge in [-0.25, -0.2) is 4.79 Å². The molecular weight excluding hydrogens is 284 g/mol. The molecule has 1 heterocycles. The number of hydrogen-bond acceptors (Lipinski definition) is 5. The third kappa shape index (κ3) is 3.72. The average molecular weight is 302 g/mol. The molecule has 0 unspecified atom stereocenters. The first-order chi connectivity index (χ1) is 10.5. The number of benzene rings is 1. The summed E-state index contributed by atoms with van der Waals surface area (Å²) in [6.45, 7) is 5.30. The summed E-state index contributed by atoms with van der Waals surface area (Å²) in [6.07, 6.45) is -0.524. The van der Waals surface area contributed by atoms with Gasteiger partial charge in [0.15, 0.2) is 11.9 Å². The summed E-state index contributed by atoms with van der Waals surface area (Å²) < 4.78 is 10.2. The molecule has 1 atom stereocenters. The van der Waals surface area contributed by atoms with Gasteiger partial charge in [0.25, 0.3) is 5.91 Å². The van der Waals surface area contributed by atoms with Crippen molar-refractivity contribution in [1.82, 2.24) is 5.16 Å². The number of aromatic nitrogens is 1. The van der Waals surface area contributed by atoms with Crippen molar-refractivity contribution in [3.63, 3.8) is 0 Å². The number of aryl methyl sites for hydroxylation is 2. The van der Waals surface area contributed by atoms with E-state index in [1.54, 1.807) is 32.0 Å². The molecule has 2 aromatic rings.